The van der Waals surface area contributed by atoms with Gasteiger partial charge in [-0.1, -0.05) is 0 Å². The number of hydrogen-bond donors (Lipinski definition) is 2. The van der Waals surface area contributed by atoms with E-state index in [1.165, 1.54) is 18.3 Å². The van der Waals surface area contributed by atoms with Crippen molar-refractivity contribution in [3.05, 3.63) is 20.8 Å². The Bertz CT molecular complexity index is 415. The zero-order valence-corrected chi connectivity index (χ0v) is 11.3. The number of halogens is 1. The van der Waals surface area contributed by atoms with Gasteiger partial charge in [-0.3, -0.25) is 0 Å². The van der Waals surface area contributed by atoms with Crippen LogP contribution in [0.25, 0.3) is 0 Å². The molecule has 86 valence electrons. The van der Waals surface area contributed by atoms with Crippen LogP contribution in [0.3, 0.4) is 0 Å². The van der Waals surface area contributed by atoms with Gasteiger partial charge < -0.3 is 5.11 Å². The number of nitrogens with one attached hydrogen (secondary N) is 1. The van der Waals surface area contributed by atoms with Crippen LogP contribution in [-0.2, 0) is 16.6 Å². The van der Waals surface area contributed by atoms with E-state index in [1.807, 2.05) is 11.4 Å². The van der Waals surface area contributed by atoms with Crippen molar-refractivity contribution in [2.24, 2.45) is 0 Å². The maximum atomic E-state index is 11.5. The molecule has 0 amide bonds. The first-order chi connectivity index (χ1) is 6.97. The molecule has 1 rings (SSSR count). The zero-order chi connectivity index (χ0) is 11.5. The van der Waals surface area contributed by atoms with Gasteiger partial charge in [-0.15, -0.1) is 11.3 Å². The van der Waals surface area contributed by atoms with Crippen LogP contribution in [-0.4, -0.2) is 25.4 Å². The van der Waals surface area contributed by atoms with E-state index >= 15 is 0 Å². The van der Waals surface area contributed by atoms with Crippen LogP contribution in [0.1, 0.15) is 11.8 Å². The van der Waals surface area contributed by atoms with E-state index in [2.05, 4.69) is 20.7 Å². The highest BCUT2D eigenvalue weighted by molar-refractivity contribution is 9.10. The molecule has 1 atom stereocenters. The van der Waals surface area contributed by atoms with Gasteiger partial charge in [-0.05, 0) is 34.3 Å². The minimum atomic E-state index is -3.42. The molecule has 4 nitrogen and oxygen atoms in total. The molecule has 0 aromatic carbocycles. The van der Waals surface area contributed by atoms with E-state index < -0.39 is 15.3 Å². The maximum absolute atomic E-state index is 11.5. The number of aliphatic hydroxyl groups excluding tert-OH is 1. The van der Waals surface area contributed by atoms with Crippen LogP contribution in [0.4, 0.5) is 0 Å². The normalized spacial score (nSPS) is 14.1. The third kappa shape index (κ3) is 3.53. The van der Waals surface area contributed by atoms with Crippen molar-refractivity contribution >= 4 is 37.3 Å². The molecule has 0 saturated heterocycles. The fourth-order valence-electron chi connectivity index (χ4n) is 0.858. The van der Waals surface area contributed by atoms with Crippen LogP contribution >= 0.6 is 27.3 Å². The second-order valence-corrected chi connectivity index (χ2v) is 7.09. The monoisotopic (exact) mass is 313 g/mol. The number of sulfonamides is 1. The first-order valence-corrected chi connectivity index (χ1v) is 7.50. The van der Waals surface area contributed by atoms with Crippen molar-refractivity contribution in [3.8, 4) is 0 Å². The van der Waals surface area contributed by atoms with Crippen LogP contribution in [0.15, 0.2) is 15.9 Å². The van der Waals surface area contributed by atoms with Crippen LogP contribution in [0, 0.1) is 0 Å². The molecule has 0 bridgehead atoms. The van der Waals surface area contributed by atoms with E-state index in [-0.39, 0.29) is 13.2 Å². The summed E-state index contributed by atoms with van der Waals surface area (Å²) in [6, 6.07) is 1.86. The molecule has 0 aliphatic carbocycles. The first-order valence-electron chi connectivity index (χ1n) is 4.28. The second-order valence-electron chi connectivity index (χ2n) is 3.05. The Labute approximate surface area is 102 Å². The number of aliphatic hydroxyl groups is 1. The SMILES string of the molecule is CC(CO)S(=O)(=O)NCc1sccc1Br. The molecule has 1 aromatic rings. The third-order valence-electron chi connectivity index (χ3n) is 1.91. The summed E-state index contributed by atoms with van der Waals surface area (Å²) in [5, 5.41) is 9.85. The number of rotatable bonds is 5. The fraction of sp³-hybridized carbons (Fsp3) is 0.500. The van der Waals surface area contributed by atoms with E-state index in [1.54, 1.807) is 0 Å². The van der Waals surface area contributed by atoms with E-state index in [0.717, 1.165) is 9.35 Å². The van der Waals surface area contributed by atoms with Gasteiger partial charge in [0.15, 0.2) is 0 Å². The molecule has 0 aliphatic heterocycles. The minimum Gasteiger partial charge on any atom is -0.395 e. The molecular weight excluding hydrogens is 302 g/mol. The Morgan fingerprint density at radius 3 is 2.80 bits per heavy atom. The summed E-state index contributed by atoms with van der Waals surface area (Å²) in [7, 11) is -3.42. The predicted molar refractivity (Wildman–Crippen MR) is 64.3 cm³/mol. The molecule has 0 saturated carbocycles. The fourth-order valence-corrected chi connectivity index (χ4v) is 3.21. The van der Waals surface area contributed by atoms with Crippen molar-refractivity contribution in [1.82, 2.24) is 4.72 Å². The Hall–Kier alpha value is 0.0500. The summed E-state index contributed by atoms with van der Waals surface area (Å²) in [4.78, 5) is 0.920. The summed E-state index contributed by atoms with van der Waals surface area (Å²) in [6.45, 7) is 1.34. The molecule has 2 N–H and O–H groups in total. The summed E-state index contributed by atoms with van der Waals surface area (Å²) in [5.41, 5.74) is 0. The highest BCUT2D eigenvalue weighted by atomic mass is 79.9. The largest absolute Gasteiger partial charge is 0.395 e. The predicted octanol–water partition coefficient (Wildman–Crippen LogP) is 1.31. The van der Waals surface area contributed by atoms with Gasteiger partial charge in [0.2, 0.25) is 10.0 Å². The van der Waals surface area contributed by atoms with Crippen molar-refractivity contribution in [1.29, 1.82) is 0 Å². The maximum Gasteiger partial charge on any atom is 0.216 e. The number of thiophene rings is 1. The van der Waals surface area contributed by atoms with E-state index in [9.17, 15) is 8.42 Å². The van der Waals surface area contributed by atoms with Crippen LogP contribution in [0.2, 0.25) is 0 Å². The lowest BCUT2D eigenvalue weighted by atomic mass is 10.5. The van der Waals surface area contributed by atoms with Gasteiger partial charge in [0, 0.05) is 15.9 Å². The van der Waals surface area contributed by atoms with Gasteiger partial charge in [0.1, 0.15) is 0 Å². The summed E-state index contributed by atoms with van der Waals surface area (Å²) >= 11 is 4.79. The van der Waals surface area contributed by atoms with Crippen LogP contribution in [0.5, 0.6) is 0 Å². The molecule has 0 spiro atoms. The summed E-state index contributed by atoms with van der Waals surface area (Å²) in [5.74, 6) is 0. The Morgan fingerprint density at radius 2 is 2.33 bits per heavy atom. The minimum absolute atomic E-state index is 0.255. The van der Waals surface area contributed by atoms with Gasteiger partial charge in [-0.25, -0.2) is 13.1 Å². The standard InChI is InChI=1S/C8H12BrNO3S2/c1-6(5-11)15(12,13)10-4-8-7(9)2-3-14-8/h2-3,6,10-11H,4-5H2,1H3. The van der Waals surface area contributed by atoms with Crippen LogP contribution < -0.4 is 4.72 Å². The highest BCUT2D eigenvalue weighted by Gasteiger charge is 2.19. The molecule has 0 radical (unpaired) electrons. The Balaban J connectivity index is 2.62. The molecule has 1 heterocycles. The van der Waals surface area contributed by atoms with Gasteiger partial charge in [0.25, 0.3) is 0 Å². The summed E-state index contributed by atoms with van der Waals surface area (Å²) < 4.78 is 26.3. The molecular formula is C8H12BrNO3S2. The lowest BCUT2D eigenvalue weighted by molar-refractivity contribution is 0.295. The molecule has 1 aromatic heterocycles. The topological polar surface area (TPSA) is 66.4 Å². The van der Waals surface area contributed by atoms with E-state index in [0.29, 0.717) is 0 Å². The summed E-state index contributed by atoms with van der Waals surface area (Å²) in [6.07, 6.45) is 0. The molecule has 0 fully saturated rings. The zero-order valence-electron chi connectivity index (χ0n) is 8.10. The molecule has 15 heavy (non-hydrogen) atoms. The van der Waals surface area contributed by atoms with Crippen molar-refractivity contribution in [2.45, 2.75) is 18.7 Å². The van der Waals surface area contributed by atoms with Crippen molar-refractivity contribution in [3.63, 3.8) is 0 Å². The molecule has 1 unspecified atom stereocenters. The van der Waals surface area contributed by atoms with Gasteiger partial charge >= 0.3 is 0 Å². The molecule has 0 aliphatic rings. The smallest absolute Gasteiger partial charge is 0.216 e. The lowest BCUT2D eigenvalue weighted by Gasteiger charge is -2.10. The third-order valence-corrected chi connectivity index (χ3v) is 5.59. The van der Waals surface area contributed by atoms with Crippen molar-refractivity contribution < 1.29 is 13.5 Å². The highest BCUT2D eigenvalue weighted by Crippen LogP contribution is 2.22. The first kappa shape index (κ1) is 13.1. The van der Waals surface area contributed by atoms with Gasteiger partial charge in [-0.2, -0.15) is 0 Å². The number of hydrogen-bond acceptors (Lipinski definition) is 4. The van der Waals surface area contributed by atoms with Crippen molar-refractivity contribution in [2.75, 3.05) is 6.61 Å². The average Bonchev–Trinajstić information content (AvgIpc) is 2.60. The van der Waals surface area contributed by atoms with Gasteiger partial charge in [0.05, 0.1) is 11.9 Å². The van der Waals surface area contributed by atoms with E-state index in [4.69, 9.17) is 5.11 Å². The Kier molecular flexibility index (Phi) is 4.72. The Morgan fingerprint density at radius 1 is 1.67 bits per heavy atom. The average molecular weight is 314 g/mol. The second kappa shape index (κ2) is 5.40. The quantitative estimate of drug-likeness (QED) is 0.861. The molecule has 7 heteroatoms. The lowest BCUT2D eigenvalue weighted by Crippen LogP contribution is -2.34.